The standard InChI is InChI=1S/C20H28N2O5S/c1-26-18-7-3-15(13-19(18)27-2)4-8-20(23)21-14-16-9-11-22(12-10-16)28(24,25)17-5-6-17/h3-4,7-8,13,16-17H,5-6,9-12,14H2,1-2H3,(H,21,23)/b8-4+. The molecule has 7 nitrogen and oxygen atoms in total. The van der Waals surface area contributed by atoms with Gasteiger partial charge in [-0.2, -0.15) is 0 Å². The smallest absolute Gasteiger partial charge is 0.244 e. The van der Waals surface area contributed by atoms with Crippen molar-refractivity contribution in [2.24, 2.45) is 5.92 Å². The molecule has 0 atom stereocenters. The molecule has 1 aliphatic heterocycles. The average Bonchev–Trinajstić information content (AvgIpc) is 3.56. The first-order valence-electron chi connectivity index (χ1n) is 9.61. The Hall–Kier alpha value is -2.06. The predicted molar refractivity (Wildman–Crippen MR) is 108 cm³/mol. The Kier molecular flexibility index (Phi) is 6.61. The van der Waals surface area contributed by atoms with Gasteiger partial charge in [0, 0.05) is 25.7 Å². The molecular formula is C20H28N2O5S. The lowest BCUT2D eigenvalue weighted by Crippen LogP contribution is -2.42. The summed E-state index contributed by atoms with van der Waals surface area (Å²) in [5, 5.41) is 2.77. The number of nitrogens with zero attached hydrogens (tertiary/aromatic N) is 1. The normalized spacial score (nSPS) is 18.9. The molecule has 1 aliphatic carbocycles. The molecule has 1 saturated carbocycles. The lowest BCUT2D eigenvalue weighted by molar-refractivity contribution is -0.116. The van der Waals surface area contributed by atoms with Crippen molar-refractivity contribution in [2.75, 3.05) is 33.9 Å². The van der Waals surface area contributed by atoms with Gasteiger partial charge in [0.15, 0.2) is 11.5 Å². The summed E-state index contributed by atoms with van der Waals surface area (Å²) in [5.74, 6) is 1.39. The zero-order chi connectivity index (χ0) is 20.1. The van der Waals surface area contributed by atoms with Gasteiger partial charge in [0.05, 0.1) is 19.5 Å². The predicted octanol–water partition coefficient (Wildman–Crippen LogP) is 2.04. The third kappa shape index (κ3) is 5.05. The minimum Gasteiger partial charge on any atom is -0.493 e. The van der Waals surface area contributed by atoms with Crippen LogP contribution in [0.2, 0.25) is 0 Å². The summed E-state index contributed by atoms with van der Waals surface area (Å²) in [6.07, 6.45) is 6.38. The molecule has 0 unspecified atom stereocenters. The minimum atomic E-state index is -3.08. The number of carbonyl (C=O) groups is 1. The Labute approximate surface area is 166 Å². The van der Waals surface area contributed by atoms with Crippen molar-refractivity contribution in [3.05, 3.63) is 29.8 Å². The molecule has 154 valence electrons. The summed E-state index contributed by atoms with van der Waals surface area (Å²) >= 11 is 0. The highest BCUT2D eigenvalue weighted by Gasteiger charge is 2.41. The first-order valence-corrected chi connectivity index (χ1v) is 11.1. The van der Waals surface area contributed by atoms with Crippen LogP contribution in [0.15, 0.2) is 24.3 Å². The summed E-state index contributed by atoms with van der Waals surface area (Å²) in [7, 11) is 0.0667. The Morgan fingerprint density at radius 3 is 2.43 bits per heavy atom. The summed E-state index contributed by atoms with van der Waals surface area (Å²) in [5.41, 5.74) is 0.839. The van der Waals surface area contributed by atoms with E-state index < -0.39 is 10.0 Å². The van der Waals surface area contributed by atoms with Gasteiger partial charge in [-0.15, -0.1) is 0 Å². The van der Waals surface area contributed by atoms with Gasteiger partial charge in [0.2, 0.25) is 15.9 Å². The van der Waals surface area contributed by atoms with E-state index in [1.54, 1.807) is 36.7 Å². The molecule has 0 spiro atoms. The zero-order valence-electron chi connectivity index (χ0n) is 16.4. The number of benzene rings is 1. The van der Waals surface area contributed by atoms with Gasteiger partial charge in [0.25, 0.3) is 0 Å². The van der Waals surface area contributed by atoms with Gasteiger partial charge in [-0.1, -0.05) is 6.07 Å². The van der Waals surface area contributed by atoms with Crippen LogP contribution >= 0.6 is 0 Å². The summed E-state index contributed by atoms with van der Waals surface area (Å²) < 4.78 is 36.6. The first kappa shape index (κ1) is 20.7. The molecule has 0 radical (unpaired) electrons. The number of piperidine rings is 1. The second-order valence-corrected chi connectivity index (χ2v) is 9.49. The molecule has 1 aromatic rings. The van der Waals surface area contributed by atoms with Crippen LogP contribution in [-0.4, -0.2) is 57.7 Å². The highest BCUT2D eigenvalue weighted by molar-refractivity contribution is 7.90. The number of carbonyl (C=O) groups excluding carboxylic acids is 1. The topological polar surface area (TPSA) is 84.9 Å². The van der Waals surface area contributed by atoms with Crippen LogP contribution in [-0.2, 0) is 14.8 Å². The van der Waals surface area contributed by atoms with Crippen LogP contribution < -0.4 is 14.8 Å². The monoisotopic (exact) mass is 408 g/mol. The quantitative estimate of drug-likeness (QED) is 0.666. The fourth-order valence-electron chi connectivity index (χ4n) is 3.38. The largest absolute Gasteiger partial charge is 0.493 e. The van der Waals surface area contributed by atoms with Crippen LogP contribution in [0, 0.1) is 5.92 Å². The highest BCUT2D eigenvalue weighted by atomic mass is 32.2. The van der Waals surface area contributed by atoms with Crippen molar-refractivity contribution in [2.45, 2.75) is 30.9 Å². The van der Waals surface area contributed by atoms with E-state index in [1.165, 1.54) is 6.08 Å². The zero-order valence-corrected chi connectivity index (χ0v) is 17.2. The van der Waals surface area contributed by atoms with Crippen molar-refractivity contribution in [3.8, 4) is 11.5 Å². The van der Waals surface area contributed by atoms with Gasteiger partial charge < -0.3 is 14.8 Å². The summed E-state index contributed by atoms with van der Waals surface area (Å²) in [6, 6.07) is 5.44. The molecule has 28 heavy (non-hydrogen) atoms. The average molecular weight is 409 g/mol. The number of hydrogen-bond acceptors (Lipinski definition) is 5. The fourth-order valence-corrected chi connectivity index (χ4v) is 5.25. The maximum atomic E-state index is 12.3. The molecule has 8 heteroatoms. The first-order chi connectivity index (χ1) is 13.4. The van der Waals surface area contributed by atoms with Crippen LogP contribution in [0.5, 0.6) is 11.5 Å². The fraction of sp³-hybridized carbons (Fsp3) is 0.550. The Morgan fingerprint density at radius 2 is 1.82 bits per heavy atom. The van der Waals surface area contributed by atoms with Crippen molar-refractivity contribution in [1.82, 2.24) is 9.62 Å². The van der Waals surface area contributed by atoms with E-state index in [0.29, 0.717) is 37.1 Å². The molecule has 3 rings (SSSR count). The Bertz CT molecular complexity index is 825. The Balaban J connectivity index is 1.44. The van der Waals surface area contributed by atoms with Crippen LogP contribution in [0.25, 0.3) is 6.08 Å². The number of sulfonamides is 1. The van der Waals surface area contributed by atoms with E-state index in [4.69, 9.17) is 9.47 Å². The summed E-state index contributed by atoms with van der Waals surface area (Å²) in [6.45, 7) is 1.67. The van der Waals surface area contributed by atoms with Crippen molar-refractivity contribution < 1.29 is 22.7 Å². The van der Waals surface area contributed by atoms with Gasteiger partial charge >= 0.3 is 0 Å². The van der Waals surface area contributed by atoms with Crippen LogP contribution in [0.4, 0.5) is 0 Å². The molecule has 1 amide bonds. The third-order valence-corrected chi connectivity index (χ3v) is 7.68. The number of hydrogen-bond donors (Lipinski definition) is 1. The second kappa shape index (κ2) is 8.96. The van der Waals surface area contributed by atoms with Crippen molar-refractivity contribution in [3.63, 3.8) is 0 Å². The molecule has 1 aromatic carbocycles. The molecule has 1 heterocycles. The number of methoxy groups -OCH3 is 2. The van der Waals surface area contributed by atoms with E-state index in [-0.39, 0.29) is 11.2 Å². The van der Waals surface area contributed by atoms with E-state index in [0.717, 1.165) is 31.2 Å². The number of ether oxygens (including phenoxy) is 2. The molecule has 2 aliphatic rings. The van der Waals surface area contributed by atoms with Crippen LogP contribution in [0.3, 0.4) is 0 Å². The number of nitrogens with one attached hydrogen (secondary N) is 1. The van der Waals surface area contributed by atoms with Gasteiger partial charge in [-0.05, 0) is 55.4 Å². The minimum absolute atomic E-state index is 0.148. The molecule has 2 fully saturated rings. The number of rotatable bonds is 8. The van der Waals surface area contributed by atoms with E-state index in [9.17, 15) is 13.2 Å². The van der Waals surface area contributed by atoms with E-state index >= 15 is 0 Å². The number of amides is 1. The van der Waals surface area contributed by atoms with Crippen LogP contribution in [0.1, 0.15) is 31.2 Å². The maximum Gasteiger partial charge on any atom is 0.244 e. The van der Waals surface area contributed by atoms with Crippen molar-refractivity contribution >= 4 is 22.0 Å². The lowest BCUT2D eigenvalue weighted by Gasteiger charge is -2.31. The van der Waals surface area contributed by atoms with Gasteiger partial charge in [-0.3, -0.25) is 4.79 Å². The van der Waals surface area contributed by atoms with E-state index in [2.05, 4.69) is 5.32 Å². The third-order valence-electron chi connectivity index (χ3n) is 5.28. The van der Waals surface area contributed by atoms with Crippen molar-refractivity contribution in [1.29, 1.82) is 0 Å². The van der Waals surface area contributed by atoms with Gasteiger partial charge in [0.1, 0.15) is 0 Å². The molecule has 0 bridgehead atoms. The lowest BCUT2D eigenvalue weighted by atomic mass is 9.98. The molecular weight excluding hydrogens is 380 g/mol. The van der Waals surface area contributed by atoms with Gasteiger partial charge in [-0.25, -0.2) is 12.7 Å². The van der Waals surface area contributed by atoms with E-state index in [1.807, 2.05) is 6.07 Å². The highest BCUT2D eigenvalue weighted by Crippen LogP contribution is 2.33. The molecule has 0 aromatic heterocycles. The molecule has 1 N–H and O–H groups in total. The molecule has 1 saturated heterocycles. The maximum absolute atomic E-state index is 12.3. The second-order valence-electron chi connectivity index (χ2n) is 7.28. The summed E-state index contributed by atoms with van der Waals surface area (Å²) in [4.78, 5) is 12.1. The SMILES string of the molecule is COc1ccc(/C=C/C(=O)NCC2CCN(S(=O)(=O)C3CC3)CC2)cc1OC. The Morgan fingerprint density at radius 1 is 1.14 bits per heavy atom.